The van der Waals surface area contributed by atoms with Crippen molar-refractivity contribution in [2.45, 2.75) is 29.4 Å². The molecular weight excluding hydrogens is 410 g/mol. The Bertz CT molecular complexity index is 922. The topological polar surface area (TPSA) is 140 Å². The van der Waals surface area contributed by atoms with E-state index in [1.54, 1.807) is 6.92 Å². The molecule has 1 aromatic rings. The van der Waals surface area contributed by atoms with E-state index < -0.39 is 43.0 Å². The van der Waals surface area contributed by atoms with Gasteiger partial charge in [-0.2, -0.15) is 0 Å². The fourth-order valence-corrected chi connectivity index (χ4v) is 5.19. The number of hydrogen-bond donors (Lipinski definition) is 1. The van der Waals surface area contributed by atoms with Crippen molar-refractivity contribution in [2.75, 3.05) is 32.5 Å². The third kappa shape index (κ3) is 4.67. The minimum Gasteiger partial charge on any atom is -0.465 e. The number of esters is 1. The van der Waals surface area contributed by atoms with E-state index in [1.165, 1.54) is 23.2 Å². The number of aromatic nitrogens is 1. The summed E-state index contributed by atoms with van der Waals surface area (Å²) >= 11 is 0. The summed E-state index contributed by atoms with van der Waals surface area (Å²) in [5.41, 5.74) is 0. The molecule has 2 rings (SSSR count). The van der Waals surface area contributed by atoms with Crippen LogP contribution >= 0.6 is 0 Å². The number of nitrogens with zero attached hydrogens (tertiary/aromatic N) is 2. The number of pyridine rings is 1. The van der Waals surface area contributed by atoms with Crippen LogP contribution in [0.3, 0.4) is 0 Å². The van der Waals surface area contributed by atoms with Crippen molar-refractivity contribution in [2.24, 2.45) is 0 Å². The van der Waals surface area contributed by atoms with E-state index in [9.17, 15) is 26.4 Å². The lowest BCUT2D eigenvalue weighted by atomic mass is 9.95. The quantitative estimate of drug-likeness (QED) is 0.558. The van der Waals surface area contributed by atoms with Gasteiger partial charge in [0.05, 0.1) is 13.2 Å². The minimum absolute atomic E-state index is 0.000657. The first kappa shape index (κ1) is 22.2. The summed E-state index contributed by atoms with van der Waals surface area (Å²) in [7, 11) is -7.65. The second-order valence-electron chi connectivity index (χ2n) is 6.38. The van der Waals surface area contributed by atoms with Gasteiger partial charge in [-0.15, -0.1) is 0 Å². The highest BCUT2D eigenvalue weighted by molar-refractivity contribution is 7.92. The Kier molecular flexibility index (Phi) is 6.78. The summed E-state index contributed by atoms with van der Waals surface area (Å²) in [6.45, 7) is 1.15. The number of sulfonamides is 1. The Balaban J connectivity index is 2.02. The SMILES string of the molecule is CCOC(=O)C1(S(C)(=O)=O)CCN(C(=O)CNS(=O)(=O)c2cccnc2)CC1. The Labute approximate surface area is 164 Å². The average Bonchev–Trinajstić information content (AvgIpc) is 2.66. The van der Waals surface area contributed by atoms with Crippen molar-refractivity contribution in [3.63, 3.8) is 0 Å². The van der Waals surface area contributed by atoms with Gasteiger partial charge in [-0.05, 0) is 31.9 Å². The lowest BCUT2D eigenvalue weighted by Crippen LogP contribution is -2.56. The van der Waals surface area contributed by atoms with E-state index in [0.29, 0.717) is 0 Å². The Morgan fingerprint density at radius 2 is 1.89 bits per heavy atom. The normalized spacial score (nSPS) is 17.1. The maximum absolute atomic E-state index is 12.4. The average molecular weight is 434 g/mol. The molecule has 2 heterocycles. The number of rotatable bonds is 7. The molecule has 1 amide bonds. The second-order valence-corrected chi connectivity index (χ2v) is 10.5. The molecule has 1 fully saturated rings. The molecule has 0 radical (unpaired) electrons. The van der Waals surface area contributed by atoms with E-state index in [1.807, 2.05) is 0 Å². The van der Waals surface area contributed by atoms with Crippen LogP contribution in [0, 0.1) is 0 Å². The van der Waals surface area contributed by atoms with E-state index in [2.05, 4.69) is 9.71 Å². The number of ether oxygens (including phenoxy) is 1. The Morgan fingerprint density at radius 3 is 2.39 bits per heavy atom. The van der Waals surface area contributed by atoms with Gasteiger partial charge >= 0.3 is 5.97 Å². The van der Waals surface area contributed by atoms with Gasteiger partial charge in [0, 0.05) is 31.7 Å². The Hall–Kier alpha value is -2.05. The van der Waals surface area contributed by atoms with Crippen molar-refractivity contribution < 1.29 is 31.2 Å². The first-order chi connectivity index (χ1) is 13.0. The summed E-state index contributed by atoms with van der Waals surface area (Å²) in [4.78, 5) is 29.6. The van der Waals surface area contributed by atoms with Crippen LogP contribution in [0.15, 0.2) is 29.4 Å². The fourth-order valence-electron chi connectivity index (χ4n) is 2.96. The molecule has 0 atom stereocenters. The first-order valence-corrected chi connectivity index (χ1v) is 12.0. The van der Waals surface area contributed by atoms with Crippen LogP contribution in [0.1, 0.15) is 19.8 Å². The van der Waals surface area contributed by atoms with Gasteiger partial charge in [0.15, 0.2) is 14.6 Å². The van der Waals surface area contributed by atoms with Gasteiger partial charge in [-0.25, -0.2) is 21.6 Å². The lowest BCUT2D eigenvalue weighted by Gasteiger charge is -2.38. The molecule has 1 aromatic heterocycles. The molecule has 0 spiro atoms. The third-order valence-electron chi connectivity index (χ3n) is 4.64. The highest BCUT2D eigenvalue weighted by Crippen LogP contribution is 2.32. The number of carbonyl (C=O) groups excluding carboxylic acids is 2. The van der Waals surface area contributed by atoms with E-state index >= 15 is 0 Å². The molecule has 156 valence electrons. The van der Waals surface area contributed by atoms with Gasteiger partial charge in [-0.3, -0.25) is 14.6 Å². The van der Waals surface area contributed by atoms with Crippen LogP contribution in [0.25, 0.3) is 0 Å². The van der Waals surface area contributed by atoms with Crippen LogP contribution in [-0.4, -0.2) is 75.8 Å². The van der Waals surface area contributed by atoms with Crippen molar-refractivity contribution in [3.8, 4) is 0 Å². The van der Waals surface area contributed by atoms with Crippen molar-refractivity contribution >= 4 is 31.7 Å². The zero-order chi connectivity index (χ0) is 21.0. The molecule has 0 aromatic carbocycles. The van der Waals surface area contributed by atoms with Crippen LogP contribution in [0.4, 0.5) is 0 Å². The molecule has 1 saturated heterocycles. The van der Waals surface area contributed by atoms with Crippen LogP contribution in [-0.2, 0) is 34.2 Å². The van der Waals surface area contributed by atoms with E-state index in [0.717, 1.165) is 12.5 Å². The highest BCUT2D eigenvalue weighted by Gasteiger charge is 2.51. The fraction of sp³-hybridized carbons (Fsp3) is 0.562. The number of amides is 1. The molecule has 10 nitrogen and oxygen atoms in total. The zero-order valence-electron chi connectivity index (χ0n) is 15.6. The largest absolute Gasteiger partial charge is 0.465 e. The Morgan fingerprint density at radius 1 is 1.25 bits per heavy atom. The van der Waals surface area contributed by atoms with Crippen LogP contribution < -0.4 is 4.72 Å². The van der Waals surface area contributed by atoms with Gasteiger partial charge in [0.25, 0.3) is 0 Å². The van der Waals surface area contributed by atoms with Gasteiger partial charge in [0.2, 0.25) is 15.9 Å². The second kappa shape index (κ2) is 8.53. The summed E-state index contributed by atoms with van der Waals surface area (Å²) in [6, 6.07) is 2.81. The van der Waals surface area contributed by atoms with Crippen molar-refractivity contribution in [1.82, 2.24) is 14.6 Å². The molecule has 1 N–H and O–H groups in total. The molecule has 0 saturated carbocycles. The van der Waals surface area contributed by atoms with Gasteiger partial charge < -0.3 is 9.64 Å². The van der Waals surface area contributed by atoms with Gasteiger partial charge in [0.1, 0.15) is 4.90 Å². The number of hydrogen-bond acceptors (Lipinski definition) is 8. The number of carbonyl (C=O) groups is 2. The number of likely N-dealkylation sites (tertiary alicyclic amines) is 1. The van der Waals surface area contributed by atoms with Crippen molar-refractivity contribution in [1.29, 1.82) is 0 Å². The standard InChI is InChI=1S/C16H23N3O7S2/c1-3-26-15(21)16(27(2,22)23)6-9-19(10-7-16)14(20)12-18-28(24,25)13-5-4-8-17-11-13/h4-5,8,11,18H,3,6-7,9-10,12H2,1-2H3. The maximum Gasteiger partial charge on any atom is 0.327 e. The summed E-state index contributed by atoms with van der Waals surface area (Å²) < 4.78 is 54.2. The van der Waals surface area contributed by atoms with E-state index in [4.69, 9.17) is 4.74 Å². The number of sulfone groups is 1. The molecular formula is C16H23N3O7S2. The number of piperidine rings is 1. The summed E-state index contributed by atoms with van der Waals surface area (Å²) in [6.07, 6.45) is 3.35. The molecule has 28 heavy (non-hydrogen) atoms. The molecule has 0 unspecified atom stereocenters. The zero-order valence-corrected chi connectivity index (χ0v) is 17.3. The monoisotopic (exact) mass is 433 g/mol. The summed E-state index contributed by atoms with van der Waals surface area (Å²) in [5.74, 6) is -1.33. The highest BCUT2D eigenvalue weighted by atomic mass is 32.2. The van der Waals surface area contributed by atoms with E-state index in [-0.39, 0.29) is 37.4 Å². The molecule has 12 heteroatoms. The smallest absolute Gasteiger partial charge is 0.327 e. The molecule has 1 aliphatic heterocycles. The molecule has 0 bridgehead atoms. The lowest BCUT2D eigenvalue weighted by molar-refractivity contribution is -0.149. The summed E-state index contributed by atoms with van der Waals surface area (Å²) in [5, 5.41) is 0. The maximum atomic E-state index is 12.4. The third-order valence-corrected chi connectivity index (χ3v) is 8.02. The molecule has 0 aliphatic carbocycles. The van der Waals surface area contributed by atoms with Crippen LogP contribution in [0.5, 0.6) is 0 Å². The number of nitrogens with one attached hydrogen (secondary N) is 1. The molecule has 1 aliphatic rings. The predicted octanol–water partition coefficient (Wildman–Crippen LogP) is -0.671. The first-order valence-electron chi connectivity index (χ1n) is 8.58. The van der Waals surface area contributed by atoms with Gasteiger partial charge in [-0.1, -0.05) is 0 Å². The van der Waals surface area contributed by atoms with Crippen LogP contribution in [0.2, 0.25) is 0 Å². The van der Waals surface area contributed by atoms with Crippen molar-refractivity contribution in [3.05, 3.63) is 24.5 Å². The predicted molar refractivity (Wildman–Crippen MR) is 99.4 cm³/mol. The minimum atomic E-state index is -3.89.